The molecule has 6 nitrogen and oxygen atoms in total. The molecule has 0 radical (unpaired) electrons. The molecule has 3 rings (SSSR count). The molecule has 1 aliphatic heterocycles. The predicted molar refractivity (Wildman–Crippen MR) is 119 cm³/mol. The Morgan fingerprint density at radius 1 is 1.32 bits per heavy atom. The molecule has 1 unspecified atom stereocenters. The molecule has 2 heterocycles. The molecule has 2 fully saturated rings. The van der Waals surface area contributed by atoms with Gasteiger partial charge in [0.2, 0.25) is 5.91 Å². The summed E-state index contributed by atoms with van der Waals surface area (Å²) in [5, 5.41) is 12.5. The number of rotatable bonds is 6. The molecular weight excluding hydrogens is 493 g/mol. The maximum Gasteiger partial charge on any atom is 0.328 e. The summed E-state index contributed by atoms with van der Waals surface area (Å²) in [7, 11) is 0. The van der Waals surface area contributed by atoms with E-state index in [-0.39, 0.29) is 16.0 Å². The average Bonchev–Trinajstić information content (AvgIpc) is 3.03. The van der Waals surface area contributed by atoms with Crippen molar-refractivity contribution in [1.82, 2.24) is 9.88 Å². The van der Waals surface area contributed by atoms with Crippen LogP contribution in [0.4, 0.5) is 5.82 Å². The summed E-state index contributed by atoms with van der Waals surface area (Å²) >= 11 is 8.64. The maximum absolute atomic E-state index is 12.8. The number of aliphatic carboxylic acids is 1. The first-order chi connectivity index (χ1) is 13.4. The van der Waals surface area contributed by atoms with Crippen molar-refractivity contribution in [3.05, 3.63) is 28.9 Å². The van der Waals surface area contributed by atoms with E-state index in [1.807, 2.05) is 4.90 Å². The van der Waals surface area contributed by atoms with Gasteiger partial charge < -0.3 is 15.3 Å². The molecule has 1 saturated heterocycles. The fourth-order valence-corrected chi connectivity index (χ4v) is 5.27. The van der Waals surface area contributed by atoms with Crippen molar-refractivity contribution >= 4 is 58.0 Å². The van der Waals surface area contributed by atoms with Gasteiger partial charge in [-0.1, -0.05) is 53.5 Å². The summed E-state index contributed by atoms with van der Waals surface area (Å²) in [4.78, 5) is 29.7. The highest BCUT2D eigenvalue weighted by Crippen LogP contribution is 2.32. The van der Waals surface area contributed by atoms with E-state index in [1.165, 1.54) is 38.2 Å². The number of carbonyl (C=O) groups excluding carboxylic acids is 1. The van der Waals surface area contributed by atoms with Crippen LogP contribution in [0, 0.1) is 5.92 Å². The zero-order chi connectivity index (χ0) is 20.1. The first-order valence-electron chi connectivity index (χ1n) is 9.70. The number of anilines is 1. The molecule has 8 heteroatoms. The molecule has 1 aromatic heterocycles. The van der Waals surface area contributed by atoms with Gasteiger partial charge in [-0.3, -0.25) is 4.79 Å². The van der Waals surface area contributed by atoms with Crippen LogP contribution in [0.3, 0.4) is 0 Å². The molecule has 152 valence electrons. The SMILES string of the molecule is O=C(O)C=Cc1cnc(N[C@@H]2CCN(C(=O)CC3CCCCC3)C2I)c(Cl)c1. The van der Waals surface area contributed by atoms with Crippen molar-refractivity contribution in [3.63, 3.8) is 0 Å². The van der Waals surface area contributed by atoms with Gasteiger partial charge in [0.15, 0.2) is 0 Å². The third-order valence-corrected chi connectivity index (χ3v) is 7.25. The Hall–Kier alpha value is -1.35. The number of amides is 1. The monoisotopic (exact) mass is 517 g/mol. The highest BCUT2D eigenvalue weighted by molar-refractivity contribution is 14.1. The Morgan fingerprint density at radius 2 is 2.07 bits per heavy atom. The van der Waals surface area contributed by atoms with Crippen molar-refractivity contribution in [3.8, 4) is 0 Å². The van der Waals surface area contributed by atoms with Crippen LogP contribution in [0.5, 0.6) is 0 Å². The van der Waals surface area contributed by atoms with E-state index in [0.29, 0.717) is 28.7 Å². The van der Waals surface area contributed by atoms with Crippen LogP contribution in [0.2, 0.25) is 5.02 Å². The first kappa shape index (κ1) is 21.4. The third kappa shape index (κ3) is 5.59. The van der Waals surface area contributed by atoms with Crippen LogP contribution < -0.4 is 5.32 Å². The number of carbonyl (C=O) groups is 2. The van der Waals surface area contributed by atoms with Gasteiger partial charge in [-0.05, 0) is 42.9 Å². The van der Waals surface area contributed by atoms with Crippen molar-refractivity contribution in [2.45, 2.75) is 55.0 Å². The predicted octanol–water partition coefficient (Wildman–Crippen LogP) is 4.58. The zero-order valence-corrected chi connectivity index (χ0v) is 18.5. The lowest BCUT2D eigenvalue weighted by Crippen LogP contribution is -2.38. The average molecular weight is 518 g/mol. The van der Waals surface area contributed by atoms with Crippen LogP contribution in [-0.4, -0.2) is 43.5 Å². The minimum atomic E-state index is -1.02. The normalized spacial score (nSPS) is 23.3. The summed E-state index contributed by atoms with van der Waals surface area (Å²) in [6, 6.07) is 1.76. The van der Waals surface area contributed by atoms with Crippen molar-refractivity contribution in [2.24, 2.45) is 5.92 Å². The Bertz CT molecular complexity index is 752. The largest absolute Gasteiger partial charge is 0.478 e. The van der Waals surface area contributed by atoms with E-state index < -0.39 is 5.97 Å². The number of halogens is 2. The lowest BCUT2D eigenvalue weighted by atomic mass is 9.87. The number of nitrogens with one attached hydrogen (secondary N) is 1. The third-order valence-electron chi connectivity index (χ3n) is 5.42. The van der Waals surface area contributed by atoms with E-state index in [2.05, 4.69) is 32.9 Å². The van der Waals surface area contributed by atoms with Gasteiger partial charge in [-0.25, -0.2) is 9.78 Å². The molecule has 1 aliphatic carbocycles. The van der Waals surface area contributed by atoms with Gasteiger partial charge in [-0.2, -0.15) is 0 Å². The minimum Gasteiger partial charge on any atom is -0.478 e. The number of nitrogens with zero attached hydrogens (tertiary/aromatic N) is 2. The molecule has 1 amide bonds. The van der Waals surface area contributed by atoms with Crippen molar-refractivity contribution in [1.29, 1.82) is 0 Å². The number of hydrogen-bond acceptors (Lipinski definition) is 4. The number of likely N-dealkylation sites (tertiary alicyclic amines) is 1. The number of aromatic nitrogens is 1. The van der Waals surface area contributed by atoms with Crippen LogP contribution in [0.15, 0.2) is 18.3 Å². The minimum absolute atomic E-state index is 0.0538. The highest BCUT2D eigenvalue weighted by atomic mass is 127. The fraction of sp³-hybridized carbons (Fsp3) is 0.550. The van der Waals surface area contributed by atoms with Gasteiger partial charge in [0.05, 0.1) is 11.1 Å². The van der Waals surface area contributed by atoms with E-state index >= 15 is 0 Å². The smallest absolute Gasteiger partial charge is 0.328 e. The molecule has 2 aliphatic rings. The lowest BCUT2D eigenvalue weighted by Gasteiger charge is -2.27. The topological polar surface area (TPSA) is 82.5 Å². The van der Waals surface area contributed by atoms with E-state index in [4.69, 9.17) is 16.7 Å². The molecule has 2 N–H and O–H groups in total. The molecule has 0 aromatic carbocycles. The van der Waals surface area contributed by atoms with Gasteiger partial charge >= 0.3 is 5.97 Å². The number of alkyl halides is 1. The fourth-order valence-electron chi connectivity index (χ4n) is 3.91. The Labute approximate surface area is 183 Å². The Morgan fingerprint density at radius 3 is 2.75 bits per heavy atom. The van der Waals surface area contributed by atoms with Crippen LogP contribution in [0.25, 0.3) is 6.08 Å². The first-order valence-corrected chi connectivity index (χ1v) is 11.3. The summed E-state index contributed by atoms with van der Waals surface area (Å²) < 4.78 is 0.0538. The summed E-state index contributed by atoms with van der Waals surface area (Å²) in [5.74, 6) is 0.334. The highest BCUT2D eigenvalue weighted by Gasteiger charge is 2.36. The molecule has 2 atom stereocenters. The Balaban J connectivity index is 1.58. The second-order valence-electron chi connectivity index (χ2n) is 7.48. The zero-order valence-electron chi connectivity index (χ0n) is 15.6. The van der Waals surface area contributed by atoms with Crippen LogP contribution in [-0.2, 0) is 9.59 Å². The van der Waals surface area contributed by atoms with Crippen LogP contribution >= 0.6 is 34.2 Å². The van der Waals surface area contributed by atoms with Gasteiger partial charge in [0.1, 0.15) is 9.87 Å². The summed E-state index contributed by atoms with van der Waals surface area (Å²) in [5.41, 5.74) is 0.625. The van der Waals surface area contributed by atoms with E-state index in [9.17, 15) is 9.59 Å². The molecule has 28 heavy (non-hydrogen) atoms. The molecule has 1 saturated carbocycles. The lowest BCUT2D eigenvalue weighted by molar-refractivity contribution is -0.132. The van der Waals surface area contributed by atoms with Crippen molar-refractivity contribution < 1.29 is 14.7 Å². The quantitative estimate of drug-likeness (QED) is 0.250. The molecule has 1 aromatic rings. The van der Waals surface area contributed by atoms with Crippen LogP contribution in [0.1, 0.15) is 50.5 Å². The van der Waals surface area contributed by atoms with Gasteiger partial charge in [0, 0.05) is 25.2 Å². The summed E-state index contributed by atoms with van der Waals surface area (Å²) in [6.45, 7) is 0.744. The summed E-state index contributed by atoms with van der Waals surface area (Å²) in [6.07, 6.45) is 11.7. The second-order valence-corrected chi connectivity index (χ2v) is 9.16. The Kier molecular flexibility index (Phi) is 7.56. The standard InChI is InChI=1S/C20H25ClIN3O3/c21-15-10-14(6-7-18(27)28)12-23-20(15)24-16-8-9-25(19(16)22)17(26)11-13-4-2-1-3-5-13/h6-7,10,12-13,16,19H,1-5,8-9,11H2,(H,23,24)(H,27,28)/t16-,19?/m1/s1. The van der Waals surface area contributed by atoms with Gasteiger partial charge in [-0.15, -0.1) is 0 Å². The second kappa shape index (κ2) is 9.91. The molecule has 0 bridgehead atoms. The maximum atomic E-state index is 12.8. The number of carboxylic acid groups (broad SMARTS) is 1. The number of hydrogen-bond donors (Lipinski definition) is 2. The van der Waals surface area contributed by atoms with Crippen molar-refractivity contribution in [2.75, 3.05) is 11.9 Å². The number of pyridine rings is 1. The van der Waals surface area contributed by atoms with E-state index in [1.54, 1.807) is 12.3 Å². The molecular formula is C20H25ClIN3O3. The molecule has 0 spiro atoms. The number of carboxylic acids is 1. The van der Waals surface area contributed by atoms with Gasteiger partial charge in [0.25, 0.3) is 0 Å². The van der Waals surface area contributed by atoms with E-state index in [0.717, 1.165) is 19.0 Å².